The highest BCUT2D eigenvalue weighted by Gasteiger charge is 2.25. The van der Waals surface area contributed by atoms with E-state index in [9.17, 15) is 9.59 Å². The van der Waals surface area contributed by atoms with Crippen molar-refractivity contribution in [3.8, 4) is 0 Å². The zero-order valence-corrected chi connectivity index (χ0v) is 11.4. The third-order valence-electron chi connectivity index (χ3n) is 3.13. The Balaban J connectivity index is 2.71. The highest BCUT2D eigenvalue weighted by molar-refractivity contribution is 5.94. The minimum Gasteiger partial charge on any atom is -0.481 e. The third kappa shape index (κ3) is 4.37. The molecule has 0 radical (unpaired) electrons. The van der Waals surface area contributed by atoms with Crippen LogP contribution in [0.25, 0.3) is 0 Å². The summed E-state index contributed by atoms with van der Waals surface area (Å²) in [6.07, 6.45) is 0. The summed E-state index contributed by atoms with van der Waals surface area (Å²) >= 11 is 0. The van der Waals surface area contributed by atoms with E-state index in [0.717, 1.165) is 5.56 Å². The number of aliphatic carboxylic acids is 1. The largest absolute Gasteiger partial charge is 0.481 e. The molecule has 0 heterocycles. The van der Waals surface area contributed by atoms with Gasteiger partial charge in [0.2, 0.25) is 5.91 Å². The summed E-state index contributed by atoms with van der Waals surface area (Å²) in [5.41, 5.74) is 1.74. The van der Waals surface area contributed by atoms with Gasteiger partial charge in [-0.1, -0.05) is 26.0 Å². The number of carbonyl (C=O) groups is 2. The van der Waals surface area contributed by atoms with Gasteiger partial charge >= 0.3 is 5.97 Å². The van der Waals surface area contributed by atoms with Gasteiger partial charge in [-0.2, -0.15) is 0 Å². The molecule has 5 nitrogen and oxygen atoms in total. The van der Waals surface area contributed by atoms with Crippen LogP contribution in [0.4, 0.5) is 5.69 Å². The van der Waals surface area contributed by atoms with Gasteiger partial charge in [-0.3, -0.25) is 9.59 Å². The van der Waals surface area contributed by atoms with Gasteiger partial charge < -0.3 is 15.7 Å². The van der Waals surface area contributed by atoms with Crippen LogP contribution in [0.2, 0.25) is 0 Å². The van der Waals surface area contributed by atoms with Crippen LogP contribution in [0.1, 0.15) is 19.4 Å². The summed E-state index contributed by atoms with van der Waals surface area (Å²) in [5.74, 6) is -2.53. The minimum absolute atomic E-state index is 0.281. The molecule has 104 valence electrons. The van der Waals surface area contributed by atoms with Gasteiger partial charge in [0.05, 0.1) is 5.92 Å². The maximum atomic E-state index is 11.9. The Morgan fingerprint density at radius 1 is 1.26 bits per heavy atom. The number of rotatable bonds is 6. The first kappa shape index (κ1) is 15.2. The van der Waals surface area contributed by atoms with E-state index in [-0.39, 0.29) is 5.91 Å². The van der Waals surface area contributed by atoms with Crippen molar-refractivity contribution in [1.82, 2.24) is 5.32 Å². The molecular formula is C14H20N2O3. The summed E-state index contributed by atoms with van der Waals surface area (Å²) in [6.45, 7) is 3.86. The summed E-state index contributed by atoms with van der Waals surface area (Å²) in [4.78, 5) is 22.8. The zero-order chi connectivity index (χ0) is 14.4. The second kappa shape index (κ2) is 6.89. The molecule has 0 bridgehead atoms. The van der Waals surface area contributed by atoms with Crippen LogP contribution >= 0.6 is 0 Å². The number of hydrogen-bond donors (Lipinski definition) is 3. The predicted octanol–water partition coefficient (Wildman–Crippen LogP) is 1.70. The lowest BCUT2D eigenvalue weighted by Crippen LogP contribution is -2.30. The summed E-state index contributed by atoms with van der Waals surface area (Å²) < 4.78 is 0. The number of benzene rings is 1. The fourth-order valence-corrected chi connectivity index (χ4v) is 1.66. The van der Waals surface area contributed by atoms with Gasteiger partial charge in [0, 0.05) is 18.2 Å². The second-order valence-electron chi connectivity index (χ2n) is 4.64. The van der Waals surface area contributed by atoms with Crippen molar-refractivity contribution in [2.24, 2.45) is 11.8 Å². The van der Waals surface area contributed by atoms with Crippen LogP contribution in [-0.2, 0) is 16.1 Å². The lowest BCUT2D eigenvalue weighted by molar-refractivity contribution is -0.145. The lowest BCUT2D eigenvalue weighted by atomic mass is 9.95. The Kier molecular flexibility index (Phi) is 5.51. The second-order valence-corrected chi connectivity index (χ2v) is 4.64. The van der Waals surface area contributed by atoms with E-state index in [1.807, 2.05) is 25.2 Å². The van der Waals surface area contributed by atoms with E-state index < -0.39 is 17.8 Å². The van der Waals surface area contributed by atoms with Crippen LogP contribution in [0.15, 0.2) is 24.3 Å². The standard InChI is InChI=1S/C14H20N2O3/c1-9(10(2)14(18)19)13(17)16-12-6-4-5-11(7-12)8-15-3/h4-7,9-10,15H,8H2,1-3H3,(H,16,17)(H,18,19). The van der Waals surface area contributed by atoms with Crippen molar-refractivity contribution in [1.29, 1.82) is 0 Å². The fraction of sp³-hybridized carbons (Fsp3) is 0.429. The molecule has 5 heteroatoms. The average molecular weight is 264 g/mol. The maximum Gasteiger partial charge on any atom is 0.307 e. The number of hydrogen-bond acceptors (Lipinski definition) is 3. The number of anilines is 1. The molecule has 0 aromatic heterocycles. The molecule has 0 spiro atoms. The Labute approximate surface area is 113 Å². The molecule has 0 fully saturated rings. The Hall–Kier alpha value is -1.88. The van der Waals surface area contributed by atoms with Crippen molar-refractivity contribution in [2.75, 3.05) is 12.4 Å². The van der Waals surface area contributed by atoms with Crippen LogP contribution in [0.3, 0.4) is 0 Å². The van der Waals surface area contributed by atoms with Gasteiger partial charge in [0.25, 0.3) is 0 Å². The lowest BCUT2D eigenvalue weighted by Gasteiger charge is -2.16. The van der Waals surface area contributed by atoms with E-state index in [4.69, 9.17) is 5.11 Å². The molecule has 0 aliphatic heterocycles. The van der Waals surface area contributed by atoms with E-state index in [2.05, 4.69) is 10.6 Å². The van der Waals surface area contributed by atoms with E-state index in [1.54, 1.807) is 13.0 Å². The summed E-state index contributed by atoms with van der Waals surface area (Å²) in [5, 5.41) is 14.7. The summed E-state index contributed by atoms with van der Waals surface area (Å²) in [7, 11) is 1.85. The average Bonchev–Trinajstić information content (AvgIpc) is 2.37. The monoisotopic (exact) mass is 264 g/mol. The van der Waals surface area contributed by atoms with Gasteiger partial charge in [0.15, 0.2) is 0 Å². The minimum atomic E-state index is -0.966. The van der Waals surface area contributed by atoms with Gasteiger partial charge in [-0.05, 0) is 24.7 Å². The van der Waals surface area contributed by atoms with Crippen molar-refractivity contribution in [3.05, 3.63) is 29.8 Å². The smallest absolute Gasteiger partial charge is 0.307 e. The van der Waals surface area contributed by atoms with Crippen LogP contribution < -0.4 is 10.6 Å². The molecule has 0 saturated heterocycles. The number of carboxylic acid groups (broad SMARTS) is 1. The highest BCUT2D eigenvalue weighted by Crippen LogP contribution is 2.16. The molecule has 0 aliphatic rings. The normalized spacial score (nSPS) is 13.6. The first-order valence-corrected chi connectivity index (χ1v) is 6.23. The van der Waals surface area contributed by atoms with Crippen molar-refractivity contribution in [2.45, 2.75) is 20.4 Å². The summed E-state index contributed by atoms with van der Waals surface area (Å²) in [6, 6.07) is 7.46. The molecule has 19 heavy (non-hydrogen) atoms. The number of amides is 1. The molecule has 0 saturated carbocycles. The zero-order valence-electron chi connectivity index (χ0n) is 11.4. The number of nitrogens with one attached hydrogen (secondary N) is 2. The Morgan fingerprint density at radius 3 is 2.53 bits per heavy atom. The molecule has 2 atom stereocenters. The molecule has 1 rings (SSSR count). The topological polar surface area (TPSA) is 78.4 Å². The maximum absolute atomic E-state index is 11.9. The SMILES string of the molecule is CNCc1cccc(NC(=O)C(C)C(C)C(=O)O)c1. The molecule has 0 aliphatic carbocycles. The fourth-order valence-electron chi connectivity index (χ4n) is 1.66. The van der Waals surface area contributed by atoms with Crippen molar-refractivity contribution in [3.63, 3.8) is 0 Å². The Bertz CT molecular complexity index is 460. The molecule has 1 aromatic rings. The van der Waals surface area contributed by atoms with Crippen LogP contribution in [0, 0.1) is 11.8 Å². The van der Waals surface area contributed by atoms with Gasteiger partial charge in [-0.25, -0.2) is 0 Å². The molecule has 1 amide bonds. The molecule has 2 unspecified atom stereocenters. The van der Waals surface area contributed by atoms with Crippen LogP contribution in [-0.4, -0.2) is 24.0 Å². The van der Waals surface area contributed by atoms with Crippen molar-refractivity contribution < 1.29 is 14.7 Å². The predicted molar refractivity (Wildman–Crippen MR) is 73.8 cm³/mol. The quantitative estimate of drug-likeness (QED) is 0.730. The van der Waals surface area contributed by atoms with E-state index >= 15 is 0 Å². The Morgan fingerprint density at radius 2 is 1.95 bits per heavy atom. The molecule has 1 aromatic carbocycles. The first-order valence-electron chi connectivity index (χ1n) is 6.23. The van der Waals surface area contributed by atoms with Gasteiger partial charge in [-0.15, -0.1) is 0 Å². The van der Waals surface area contributed by atoms with Crippen molar-refractivity contribution >= 4 is 17.6 Å². The number of carbonyl (C=O) groups excluding carboxylic acids is 1. The van der Waals surface area contributed by atoms with Crippen LogP contribution in [0.5, 0.6) is 0 Å². The van der Waals surface area contributed by atoms with E-state index in [1.165, 1.54) is 6.92 Å². The first-order chi connectivity index (χ1) is 8.95. The number of carboxylic acids is 1. The highest BCUT2D eigenvalue weighted by atomic mass is 16.4. The molecule has 3 N–H and O–H groups in total. The third-order valence-corrected chi connectivity index (χ3v) is 3.13. The molecular weight excluding hydrogens is 244 g/mol. The van der Waals surface area contributed by atoms with Gasteiger partial charge in [0.1, 0.15) is 0 Å². The van der Waals surface area contributed by atoms with E-state index in [0.29, 0.717) is 12.2 Å².